The second kappa shape index (κ2) is 7.46. The number of aromatic amines is 1. The summed E-state index contributed by atoms with van der Waals surface area (Å²) in [6.07, 6.45) is 3.46. The molecule has 0 aliphatic heterocycles. The minimum Gasteiger partial charge on any atom is -0.322 e. The van der Waals surface area contributed by atoms with Crippen molar-refractivity contribution in [1.29, 1.82) is 0 Å². The van der Waals surface area contributed by atoms with Crippen LogP contribution >= 0.6 is 0 Å². The predicted octanol–water partition coefficient (Wildman–Crippen LogP) is 5.45. The van der Waals surface area contributed by atoms with E-state index in [0.717, 1.165) is 38.7 Å². The Kier molecular flexibility index (Phi) is 4.06. The van der Waals surface area contributed by atoms with Crippen molar-refractivity contribution in [1.82, 2.24) is 19.7 Å². The van der Waals surface area contributed by atoms with Crippen molar-refractivity contribution in [2.24, 2.45) is 0 Å². The maximum atomic E-state index is 15.4. The first-order chi connectivity index (χ1) is 16.4. The largest absolute Gasteiger partial charge is 0.322 e. The van der Waals surface area contributed by atoms with Gasteiger partial charge >= 0.3 is 0 Å². The Bertz CT molecular complexity index is 1620. The molecule has 0 fully saturated rings. The van der Waals surface area contributed by atoms with E-state index < -0.39 is 17.8 Å². The highest BCUT2D eigenvalue weighted by Gasteiger charge is 2.22. The van der Waals surface area contributed by atoms with Crippen LogP contribution in [0.5, 0.6) is 0 Å². The monoisotopic (exact) mass is 429 g/mol. The summed E-state index contributed by atoms with van der Waals surface area (Å²) in [5, 5.41) is 11.5. The van der Waals surface area contributed by atoms with E-state index in [4.69, 9.17) is 2.74 Å². The second-order valence-electron chi connectivity index (χ2n) is 7.52. The molecular weight excluding hydrogens is 405 g/mol. The number of hydrogen-bond acceptors (Lipinski definition) is 3. The number of carbonyl (C=O) groups excluding carboxylic acids is 1. The fourth-order valence-electron chi connectivity index (χ4n) is 4.24. The number of benzene rings is 2. The average molecular weight is 429 g/mol. The van der Waals surface area contributed by atoms with E-state index >= 15 is 4.39 Å². The normalized spacial score (nSPS) is 12.8. The Morgan fingerprint density at radius 3 is 2.94 bits per heavy atom. The Morgan fingerprint density at radius 1 is 1.25 bits per heavy atom. The first-order valence-corrected chi connectivity index (χ1v) is 9.96. The van der Waals surface area contributed by atoms with Crippen LogP contribution in [0.15, 0.2) is 67.5 Å². The van der Waals surface area contributed by atoms with Crippen molar-refractivity contribution < 1.29 is 11.9 Å². The summed E-state index contributed by atoms with van der Waals surface area (Å²) in [4.78, 5) is 16.4. The van der Waals surface area contributed by atoms with Gasteiger partial charge in [-0.2, -0.15) is 5.10 Å². The third-order valence-electron chi connectivity index (χ3n) is 5.63. The SMILES string of the molecule is [3H]C=C([3H])C(=O)Nc1ccc(-n2c(C)c(-c3c(C)ccc4[nH]ncc34)c3cccnc32)c(F)c1. The molecule has 0 bridgehead atoms. The molecule has 0 radical (unpaired) electrons. The molecule has 6 nitrogen and oxygen atoms in total. The molecule has 32 heavy (non-hydrogen) atoms. The number of halogens is 1. The number of aryl methyl sites for hydroxylation is 1. The summed E-state index contributed by atoms with van der Waals surface area (Å²) >= 11 is 0. The van der Waals surface area contributed by atoms with Crippen molar-refractivity contribution in [2.75, 3.05) is 5.32 Å². The van der Waals surface area contributed by atoms with E-state index in [1.807, 2.05) is 38.1 Å². The third kappa shape index (κ3) is 2.98. The lowest BCUT2D eigenvalue weighted by atomic mass is 9.95. The number of nitrogens with one attached hydrogen (secondary N) is 2. The molecule has 7 heteroatoms. The summed E-state index contributed by atoms with van der Waals surface area (Å²) < 4.78 is 31.6. The van der Waals surface area contributed by atoms with Crippen LogP contribution in [0.2, 0.25) is 0 Å². The van der Waals surface area contributed by atoms with Gasteiger partial charge in [-0.25, -0.2) is 9.37 Å². The quantitative estimate of drug-likeness (QED) is 0.373. The van der Waals surface area contributed by atoms with E-state index in [0.29, 0.717) is 12.2 Å². The van der Waals surface area contributed by atoms with Gasteiger partial charge in [0.15, 0.2) is 0 Å². The smallest absolute Gasteiger partial charge is 0.247 e. The summed E-state index contributed by atoms with van der Waals surface area (Å²) in [5.74, 6) is -1.34. The Hall–Kier alpha value is -4.26. The van der Waals surface area contributed by atoms with Gasteiger partial charge in [0.25, 0.3) is 0 Å². The number of amides is 1. The van der Waals surface area contributed by atoms with E-state index in [-0.39, 0.29) is 11.4 Å². The Morgan fingerprint density at radius 2 is 2.12 bits per heavy atom. The number of hydrogen-bond donors (Lipinski definition) is 2. The molecule has 3 heterocycles. The van der Waals surface area contributed by atoms with E-state index in [2.05, 4.69) is 20.5 Å². The molecule has 0 aliphatic rings. The van der Waals surface area contributed by atoms with Gasteiger partial charge < -0.3 is 5.32 Å². The standard InChI is InChI=1S/C25H20FN5O/c1-4-22(32)29-16-8-10-21(19(26)12-16)31-15(3)24(17-6-5-11-27-25(17)31)23-14(2)7-9-20-18(23)13-28-30-20/h4-13H,1H2,2-3H3,(H,28,30)(H,29,32)/i1T,4T. The lowest BCUT2D eigenvalue weighted by Crippen LogP contribution is -2.08. The average Bonchev–Trinajstić information content (AvgIpc) is 3.41. The van der Waals surface area contributed by atoms with Gasteiger partial charge in [-0.15, -0.1) is 0 Å². The number of fused-ring (bicyclic) bond motifs is 2. The summed E-state index contributed by atoms with van der Waals surface area (Å²) in [6, 6.07) is 11.6. The Balaban J connectivity index is 1.71. The number of pyridine rings is 1. The van der Waals surface area contributed by atoms with Crippen LogP contribution in [0.25, 0.3) is 38.8 Å². The zero-order chi connectivity index (χ0) is 24.0. The van der Waals surface area contributed by atoms with Crippen LogP contribution in [-0.4, -0.2) is 25.7 Å². The number of anilines is 1. The fourth-order valence-corrected chi connectivity index (χ4v) is 4.24. The van der Waals surface area contributed by atoms with Gasteiger partial charge in [0.2, 0.25) is 5.91 Å². The molecule has 0 spiro atoms. The van der Waals surface area contributed by atoms with Gasteiger partial charge in [0, 0.05) is 33.9 Å². The molecule has 0 atom stereocenters. The first kappa shape index (κ1) is 17.4. The molecular formula is C25H20FN5O. The highest BCUT2D eigenvalue weighted by atomic mass is 19.1. The van der Waals surface area contributed by atoms with Crippen molar-refractivity contribution in [3.05, 3.63) is 84.5 Å². The molecule has 2 aromatic carbocycles. The molecule has 158 valence electrons. The van der Waals surface area contributed by atoms with Crippen LogP contribution in [0, 0.1) is 19.7 Å². The lowest BCUT2D eigenvalue weighted by Gasteiger charge is -2.12. The minimum absolute atomic E-state index is 0.194. The minimum atomic E-state index is -0.780. The maximum Gasteiger partial charge on any atom is 0.247 e. The Labute approximate surface area is 186 Å². The van der Waals surface area contributed by atoms with Crippen molar-refractivity contribution in [3.63, 3.8) is 0 Å². The number of H-pyrrole nitrogens is 1. The molecule has 0 unspecified atom stereocenters. The topological polar surface area (TPSA) is 75.6 Å². The molecule has 5 aromatic rings. The number of carbonyl (C=O) groups is 1. The molecule has 1 amide bonds. The van der Waals surface area contributed by atoms with Gasteiger partial charge in [0.05, 0.1) is 20.1 Å². The van der Waals surface area contributed by atoms with Crippen LogP contribution in [0.3, 0.4) is 0 Å². The lowest BCUT2D eigenvalue weighted by molar-refractivity contribution is -0.111. The highest BCUT2D eigenvalue weighted by molar-refractivity contribution is 6.06. The summed E-state index contributed by atoms with van der Waals surface area (Å²) in [7, 11) is 0. The molecule has 0 saturated carbocycles. The molecule has 5 rings (SSSR count). The predicted molar refractivity (Wildman–Crippen MR) is 124 cm³/mol. The van der Waals surface area contributed by atoms with Gasteiger partial charge in [-0.1, -0.05) is 12.6 Å². The van der Waals surface area contributed by atoms with E-state index in [9.17, 15) is 4.79 Å². The highest BCUT2D eigenvalue weighted by Crippen LogP contribution is 2.40. The van der Waals surface area contributed by atoms with Crippen molar-refractivity contribution >= 4 is 33.5 Å². The van der Waals surface area contributed by atoms with Crippen LogP contribution in [0.1, 0.15) is 14.0 Å². The molecule has 2 N–H and O–H groups in total. The zero-order valence-corrected chi connectivity index (χ0v) is 17.4. The van der Waals surface area contributed by atoms with Crippen molar-refractivity contribution in [2.45, 2.75) is 13.8 Å². The maximum absolute atomic E-state index is 15.4. The fraction of sp³-hybridized carbons (Fsp3) is 0.0800. The molecule has 0 saturated heterocycles. The van der Waals surface area contributed by atoms with Crippen LogP contribution < -0.4 is 5.32 Å². The van der Waals surface area contributed by atoms with Gasteiger partial charge in [-0.3, -0.25) is 14.5 Å². The van der Waals surface area contributed by atoms with Gasteiger partial charge in [-0.05, 0) is 67.4 Å². The summed E-state index contributed by atoms with van der Waals surface area (Å²) in [5.41, 5.74) is 5.82. The zero-order valence-electron chi connectivity index (χ0n) is 19.4. The van der Waals surface area contributed by atoms with Gasteiger partial charge in [0.1, 0.15) is 11.5 Å². The number of rotatable bonds is 4. The molecule has 3 aromatic heterocycles. The molecule has 0 aliphatic carbocycles. The van der Waals surface area contributed by atoms with E-state index in [1.54, 1.807) is 29.1 Å². The third-order valence-corrected chi connectivity index (χ3v) is 5.63. The summed E-state index contributed by atoms with van der Waals surface area (Å²) in [6.45, 7) is 4.59. The van der Waals surface area contributed by atoms with Crippen molar-refractivity contribution in [3.8, 4) is 16.8 Å². The van der Waals surface area contributed by atoms with E-state index in [1.165, 1.54) is 6.07 Å². The van der Waals surface area contributed by atoms with Crippen LogP contribution in [0.4, 0.5) is 10.1 Å². The first-order valence-electron chi connectivity index (χ1n) is 11.0. The number of aromatic nitrogens is 4. The second-order valence-corrected chi connectivity index (χ2v) is 7.52. The number of nitrogens with zero attached hydrogens (tertiary/aromatic N) is 3. The van der Waals surface area contributed by atoms with Crippen LogP contribution in [-0.2, 0) is 4.79 Å².